The summed E-state index contributed by atoms with van der Waals surface area (Å²) in [6.07, 6.45) is -3.07. The number of hydrogen-bond donors (Lipinski definition) is 1. The molecule has 0 unspecified atom stereocenters. The fraction of sp³-hybridized carbons (Fsp3) is 0.481. The zero-order chi connectivity index (χ0) is 25.6. The van der Waals surface area contributed by atoms with Crippen LogP contribution in [0.3, 0.4) is 0 Å². The van der Waals surface area contributed by atoms with Gasteiger partial charge in [-0.15, -0.1) is 0 Å². The van der Waals surface area contributed by atoms with Crippen LogP contribution in [0.15, 0.2) is 36.4 Å². The molecule has 2 aliphatic rings. The number of hydrogen-bond acceptors (Lipinski definition) is 3. The first-order chi connectivity index (χ1) is 17.1. The maximum atomic E-state index is 15.5. The van der Waals surface area contributed by atoms with Gasteiger partial charge in [0.2, 0.25) is 0 Å². The maximum Gasteiger partial charge on any atom is 0.401 e. The van der Waals surface area contributed by atoms with Crippen molar-refractivity contribution >= 4 is 10.9 Å². The normalized spacial score (nSPS) is 21.5. The fourth-order valence-electron chi connectivity index (χ4n) is 5.59. The van der Waals surface area contributed by atoms with Gasteiger partial charge in [0.1, 0.15) is 24.0 Å². The van der Waals surface area contributed by atoms with E-state index in [1.165, 1.54) is 0 Å². The third-order valence-corrected chi connectivity index (χ3v) is 7.49. The molecule has 0 spiro atoms. The SMILES string of the molecule is CCC1CN(CCOc2cc(F)c([C@H]3c4[nH]c5ccccc5c4C[C@@H](C)N3CC(F)(F)F)c(F)c2)C1. The van der Waals surface area contributed by atoms with Crippen LogP contribution < -0.4 is 4.74 Å². The van der Waals surface area contributed by atoms with Crippen LogP contribution in [0.5, 0.6) is 5.75 Å². The van der Waals surface area contributed by atoms with Gasteiger partial charge in [0.05, 0.1) is 12.6 Å². The molecule has 1 fully saturated rings. The number of benzene rings is 2. The summed E-state index contributed by atoms with van der Waals surface area (Å²) >= 11 is 0. The van der Waals surface area contributed by atoms with Gasteiger partial charge in [-0.25, -0.2) is 8.78 Å². The third kappa shape index (κ3) is 4.83. The highest BCUT2D eigenvalue weighted by molar-refractivity contribution is 5.85. The van der Waals surface area contributed by atoms with Gasteiger partial charge in [0.25, 0.3) is 0 Å². The highest BCUT2D eigenvalue weighted by Gasteiger charge is 2.43. The predicted molar refractivity (Wildman–Crippen MR) is 128 cm³/mol. The van der Waals surface area contributed by atoms with Crippen molar-refractivity contribution in [2.45, 2.75) is 44.9 Å². The Morgan fingerprint density at radius 3 is 2.44 bits per heavy atom. The standard InChI is InChI=1S/C27H30F5N3O/c1-3-17-13-34(14-17)8-9-36-18-11-21(28)24(22(29)12-18)26-25-20(19-6-4-5-7-23(19)33-25)10-16(2)35(26)15-27(30,31)32/h4-7,11-12,16-17,26,33H,3,8-10,13-15H2,1-2H3/t16-,26+/m1/s1. The van der Waals surface area contributed by atoms with Gasteiger partial charge in [-0.2, -0.15) is 13.2 Å². The smallest absolute Gasteiger partial charge is 0.401 e. The van der Waals surface area contributed by atoms with Crippen LogP contribution in [0.2, 0.25) is 0 Å². The van der Waals surface area contributed by atoms with Crippen LogP contribution in [-0.4, -0.2) is 59.8 Å². The minimum atomic E-state index is -4.53. The van der Waals surface area contributed by atoms with Crippen LogP contribution in [0.4, 0.5) is 22.0 Å². The summed E-state index contributed by atoms with van der Waals surface area (Å²) in [7, 11) is 0. The Kier molecular flexibility index (Phi) is 6.72. The molecule has 36 heavy (non-hydrogen) atoms. The lowest BCUT2D eigenvalue weighted by Crippen LogP contribution is -2.47. The van der Waals surface area contributed by atoms with Crippen molar-refractivity contribution in [3.05, 3.63) is 64.9 Å². The van der Waals surface area contributed by atoms with Crippen molar-refractivity contribution in [1.82, 2.24) is 14.8 Å². The van der Waals surface area contributed by atoms with Gasteiger partial charge in [0.15, 0.2) is 0 Å². The summed E-state index contributed by atoms with van der Waals surface area (Å²) < 4.78 is 77.3. The molecule has 9 heteroatoms. The molecular formula is C27H30F5N3O. The highest BCUT2D eigenvalue weighted by Crippen LogP contribution is 2.44. The third-order valence-electron chi connectivity index (χ3n) is 7.49. The van der Waals surface area contributed by atoms with Crippen molar-refractivity contribution < 1.29 is 26.7 Å². The number of alkyl halides is 3. The molecule has 0 radical (unpaired) electrons. The molecule has 2 atom stereocenters. The van der Waals surface area contributed by atoms with Gasteiger partial charge in [-0.3, -0.25) is 9.80 Å². The molecule has 3 aromatic rings. The monoisotopic (exact) mass is 507 g/mol. The van der Waals surface area contributed by atoms with Crippen LogP contribution in [0, 0.1) is 17.6 Å². The molecule has 0 saturated carbocycles. The van der Waals surface area contributed by atoms with E-state index >= 15 is 8.78 Å². The number of nitrogens with zero attached hydrogens (tertiary/aromatic N) is 2. The maximum absolute atomic E-state index is 15.5. The molecule has 3 heterocycles. The summed E-state index contributed by atoms with van der Waals surface area (Å²) in [6, 6.07) is 7.67. The lowest BCUT2D eigenvalue weighted by Gasteiger charge is -2.41. The van der Waals surface area contributed by atoms with Crippen LogP contribution in [-0.2, 0) is 6.42 Å². The number of nitrogens with one attached hydrogen (secondary N) is 1. The lowest BCUT2D eigenvalue weighted by atomic mass is 9.88. The molecule has 0 aliphatic carbocycles. The predicted octanol–water partition coefficient (Wildman–Crippen LogP) is 6.07. The Bertz CT molecular complexity index is 1210. The first kappa shape index (κ1) is 25.0. The largest absolute Gasteiger partial charge is 0.492 e. The van der Waals surface area contributed by atoms with Crippen molar-refractivity contribution in [3.63, 3.8) is 0 Å². The quantitative estimate of drug-likeness (QED) is 0.394. The molecule has 5 rings (SSSR count). The van der Waals surface area contributed by atoms with Crippen molar-refractivity contribution in [2.75, 3.05) is 32.8 Å². The number of aromatic amines is 1. The average Bonchev–Trinajstić information content (AvgIpc) is 3.14. The van der Waals surface area contributed by atoms with E-state index in [4.69, 9.17) is 4.74 Å². The van der Waals surface area contributed by atoms with Gasteiger partial charge >= 0.3 is 6.18 Å². The van der Waals surface area contributed by atoms with Gasteiger partial charge in [0, 0.05) is 60.0 Å². The molecule has 2 aromatic carbocycles. The number of para-hydroxylation sites is 1. The minimum Gasteiger partial charge on any atom is -0.492 e. The molecule has 2 aliphatic heterocycles. The highest BCUT2D eigenvalue weighted by atomic mass is 19.4. The van der Waals surface area contributed by atoms with Gasteiger partial charge in [-0.05, 0) is 30.9 Å². The van der Waals surface area contributed by atoms with E-state index in [2.05, 4.69) is 16.8 Å². The second-order valence-electron chi connectivity index (χ2n) is 9.99. The van der Waals surface area contributed by atoms with Crippen molar-refractivity contribution in [1.29, 1.82) is 0 Å². The Balaban J connectivity index is 1.47. The Morgan fingerprint density at radius 1 is 1.08 bits per heavy atom. The molecule has 194 valence electrons. The van der Waals surface area contributed by atoms with E-state index in [0.29, 0.717) is 24.6 Å². The molecule has 0 bridgehead atoms. The number of halogens is 5. The van der Waals surface area contributed by atoms with E-state index in [9.17, 15) is 13.2 Å². The van der Waals surface area contributed by atoms with E-state index in [-0.39, 0.29) is 12.4 Å². The van der Waals surface area contributed by atoms with E-state index in [1.807, 2.05) is 24.3 Å². The number of ether oxygens (including phenoxy) is 1. The first-order valence-corrected chi connectivity index (χ1v) is 12.4. The number of likely N-dealkylation sites (tertiary alicyclic amines) is 1. The van der Waals surface area contributed by atoms with E-state index in [1.54, 1.807) is 6.92 Å². The second-order valence-corrected chi connectivity index (χ2v) is 9.99. The Labute approximate surface area is 207 Å². The number of rotatable bonds is 7. The summed E-state index contributed by atoms with van der Waals surface area (Å²) in [5, 5.41) is 0.855. The zero-order valence-corrected chi connectivity index (χ0v) is 20.3. The molecule has 1 N–H and O–H groups in total. The summed E-state index contributed by atoms with van der Waals surface area (Å²) in [5.74, 6) is -1.12. The molecule has 1 saturated heterocycles. The average molecular weight is 508 g/mol. The zero-order valence-electron chi connectivity index (χ0n) is 20.3. The number of aromatic nitrogens is 1. The summed E-state index contributed by atoms with van der Waals surface area (Å²) in [5.41, 5.74) is 1.51. The summed E-state index contributed by atoms with van der Waals surface area (Å²) in [4.78, 5) is 6.50. The van der Waals surface area contributed by atoms with E-state index in [0.717, 1.165) is 53.0 Å². The number of H-pyrrole nitrogens is 1. The first-order valence-electron chi connectivity index (χ1n) is 12.4. The summed E-state index contributed by atoms with van der Waals surface area (Å²) in [6.45, 7) is 5.44. The molecule has 0 amide bonds. The van der Waals surface area contributed by atoms with Crippen molar-refractivity contribution in [2.24, 2.45) is 5.92 Å². The lowest BCUT2D eigenvalue weighted by molar-refractivity contribution is -0.155. The van der Waals surface area contributed by atoms with Crippen LogP contribution in [0.25, 0.3) is 10.9 Å². The molecule has 1 aromatic heterocycles. The van der Waals surface area contributed by atoms with E-state index < -0.39 is 42.0 Å². The van der Waals surface area contributed by atoms with Crippen LogP contribution in [0.1, 0.15) is 43.1 Å². The van der Waals surface area contributed by atoms with Gasteiger partial charge < -0.3 is 9.72 Å². The fourth-order valence-corrected chi connectivity index (χ4v) is 5.59. The second kappa shape index (κ2) is 9.67. The Hall–Kier alpha value is -2.65. The topological polar surface area (TPSA) is 31.5 Å². The Morgan fingerprint density at radius 2 is 1.78 bits per heavy atom. The van der Waals surface area contributed by atoms with Crippen LogP contribution >= 0.6 is 0 Å². The molecular weight excluding hydrogens is 477 g/mol. The minimum absolute atomic E-state index is 0.0319. The number of fused-ring (bicyclic) bond motifs is 3. The van der Waals surface area contributed by atoms with Crippen molar-refractivity contribution in [3.8, 4) is 5.75 Å². The van der Waals surface area contributed by atoms with Gasteiger partial charge in [-0.1, -0.05) is 31.5 Å². The molecule has 4 nitrogen and oxygen atoms in total.